The summed E-state index contributed by atoms with van der Waals surface area (Å²) in [6.45, 7) is 3.90. The van der Waals surface area contributed by atoms with Gasteiger partial charge in [-0.1, -0.05) is 47.5 Å². The Hall–Kier alpha value is -3.12. The summed E-state index contributed by atoms with van der Waals surface area (Å²) in [5.41, 5.74) is 4.20. The fraction of sp³-hybridized carbons (Fsp3) is 0.136. The minimum Gasteiger partial charge on any atom is -0.497 e. The van der Waals surface area contributed by atoms with E-state index in [1.807, 2.05) is 62.4 Å². The van der Waals surface area contributed by atoms with E-state index < -0.39 is 10.0 Å². The van der Waals surface area contributed by atoms with Crippen molar-refractivity contribution in [3.8, 4) is 5.75 Å². The molecule has 3 aromatic carbocycles. The third-order valence-corrected chi connectivity index (χ3v) is 5.52. The van der Waals surface area contributed by atoms with Crippen LogP contribution in [0.3, 0.4) is 0 Å². The van der Waals surface area contributed by atoms with E-state index in [-0.39, 0.29) is 4.90 Å². The van der Waals surface area contributed by atoms with E-state index in [0.717, 1.165) is 22.3 Å². The van der Waals surface area contributed by atoms with E-state index >= 15 is 0 Å². The lowest BCUT2D eigenvalue weighted by atomic mass is 10.0. The van der Waals surface area contributed by atoms with Gasteiger partial charge in [0.15, 0.2) is 0 Å². The molecule has 1 N–H and O–H groups in total. The zero-order valence-electron chi connectivity index (χ0n) is 16.0. The topological polar surface area (TPSA) is 67.8 Å². The number of hydrogen-bond donors (Lipinski definition) is 1. The van der Waals surface area contributed by atoms with Gasteiger partial charge in [-0.05, 0) is 50.2 Å². The molecule has 0 unspecified atom stereocenters. The Kier molecular flexibility index (Phi) is 5.80. The summed E-state index contributed by atoms with van der Waals surface area (Å²) >= 11 is 0. The number of benzene rings is 3. The van der Waals surface area contributed by atoms with Gasteiger partial charge in [0.25, 0.3) is 10.0 Å². The maximum Gasteiger partial charge on any atom is 0.276 e. The first-order chi connectivity index (χ1) is 13.4. The lowest BCUT2D eigenvalue weighted by Gasteiger charge is -2.10. The molecule has 0 bridgehead atoms. The first-order valence-electron chi connectivity index (χ1n) is 8.77. The molecule has 0 fully saturated rings. The van der Waals surface area contributed by atoms with Crippen molar-refractivity contribution in [1.82, 2.24) is 4.83 Å². The summed E-state index contributed by atoms with van der Waals surface area (Å²) in [6, 6.07) is 21.7. The van der Waals surface area contributed by atoms with E-state index in [1.54, 1.807) is 31.4 Å². The van der Waals surface area contributed by atoms with Crippen molar-refractivity contribution in [2.45, 2.75) is 18.7 Å². The molecule has 0 saturated carbocycles. The van der Waals surface area contributed by atoms with Gasteiger partial charge in [0.1, 0.15) is 5.75 Å². The fourth-order valence-corrected chi connectivity index (χ4v) is 3.44. The van der Waals surface area contributed by atoms with Crippen LogP contribution in [0.15, 0.2) is 82.8 Å². The number of methoxy groups -OCH3 is 1. The highest BCUT2D eigenvalue weighted by atomic mass is 32.2. The van der Waals surface area contributed by atoms with Gasteiger partial charge in [-0.2, -0.15) is 18.4 Å². The van der Waals surface area contributed by atoms with Crippen LogP contribution in [0.4, 0.5) is 0 Å². The van der Waals surface area contributed by atoms with Crippen molar-refractivity contribution < 1.29 is 13.2 Å². The van der Waals surface area contributed by atoms with Crippen LogP contribution in [0.2, 0.25) is 0 Å². The van der Waals surface area contributed by atoms with Crippen molar-refractivity contribution >= 4 is 15.7 Å². The van der Waals surface area contributed by atoms with Gasteiger partial charge >= 0.3 is 0 Å². The normalized spacial score (nSPS) is 11.9. The smallest absolute Gasteiger partial charge is 0.276 e. The molecule has 0 aromatic heterocycles. The van der Waals surface area contributed by atoms with Gasteiger partial charge in [0.05, 0.1) is 17.7 Å². The van der Waals surface area contributed by atoms with Gasteiger partial charge < -0.3 is 4.74 Å². The number of hydrogen-bond acceptors (Lipinski definition) is 4. The second kappa shape index (κ2) is 8.27. The molecule has 0 aliphatic rings. The molecule has 3 rings (SSSR count). The Morgan fingerprint density at radius 2 is 1.25 bits per heavy atom. The SMILES string of the molecule is COc1ccc(/C(=N\NS(=O)(=O)c2ccc(C)cc2)c2ccc(C)cc2)cc1. The summed E-state index contributed by atoms with van der Waals surface area (Å²) in [7, 11) is -2.17. The maximum absolute atomic E-state index is 12.6. The van der Waals surface area contributed by atoms with Gasteiger partial charge in [-0.25, -0.2) is 0 Å². The van der Waals surface area contributed by atoms with Crippen molar-refractivity contribution in [3.63, 3.8) is 0 Å². The van der Waals surface area contributed by atoms with Crippen LogP contribution in [0, 0.1) is 13.8 Å². The number of rotatable bonds is 6. The Labute approximate surface area is 165 Å². The van der Waals surface area contributed by atoms with Crippen molar-refractivity contribution in [3.05, 3.63) is 95.1 Å². The highest BCUT2D eigenvalue weighted by Crippen LogP contribution is 2.17. The molecular weight excluding hydrogens is 372 g/mol. The molecule has 0 heterocycles. The second-order valence-electron chi connectivity index (χ2n) is 6.46. The van der Waals surface area contributed by atoms with E-state index in [4.69, 9.17) is 4.74 Å². The molecule has 0 saturated heterocycles. The number of sulfonamides is 1. The minimum atomic E-state index is -3.77. The van der Waals surface area contributed by atoms with Gasteiger partial charge in [-0.3, -0.25) is 0 Å². The van der Waals surface area contributed by atoms with Crippen LogP contribution in [-0.2, 0) is 10.0 Å². The molecule has 0 spiro atoms. The highest BCUT2D eigenvalue weighted by molar-refractivity contribution is 7.89. The molecule has 0 amide bonds. The van der Waals surface area contributed by atoms with Crippen LogP contribution in [0.1, 0.15) is 22.3 Å². The summed E-state index contributed by atoms with van der Waals surface area (Å²) in [4.78, 5) is 2.53. The molecule has 6 heteroatoms. The molecule has 3 aromatic rings. The lowest BCUT2D eigenvalue weighted by molar-refractivity contribution is 0.415. The fourth-order valence-electron chi connectivity index (χ4n) is 2.63. The molecular formula is C22H22N2O3S. The molecule has 144 valence electrons. The van der Waals surface area contributed by atoms with Crippen LogP contribution >= 0.6 is 0 Å². The van der Waals surface area contributed by atoms with Crippen molar-refractivity contribution in [2.75, 3.05) is 7.11 Å². The maximum atomic E-state index is 12.6. The number of nitrogens with zero attached hydrogens (tertiary/aromatic N) is 1. The number of ether oxygens (including phenoxy) is 1. The van der Waals surface area contributed by atoms with E-state index in [0.29, 0.717) is 11.5 Å². The molecule has 0 atom stereocenters. The van der Waals surface area contributed by atoms with Crippen LogP contribution < -0.4 is 9.57 Å². The van der Waals surface area contributed by atoms with Crippen LogP contribution in [-0.4, -0.2) is 21.2 Å². The van der Waals surface area contributed by atoms with Crippen LogP contribution in [0.5, 0.6) is 5.75 Å². The van der Waals surface area contributed by atoms with Crippen molar-refractivity contribution in [2.24, 2.45) is 5.10 Å². The molecule has 0 radical (unpaired) electrons. The molecule has 5 nitrogen and oxygen atoms in total. The Balaban J connectivity index is 2.00. The minimum absolute atomic E-state index is 0.167. The Morgan fingerprint density at radius 3 is 1.75 bits per heavy atom. The first-order valence-corrected chi connectivity index (χ1v) is 10.2. The monoisotopic (exact) mass is 394 g/mol. The number of nitrogens with one attached hydrogen (secondary N) is 1. The van der Waals surface area contributed by atoms with E-state index in [9.17, 15) is 8.42 Å². The summed E-state index contributed by atoms with van der Waals surface area (Å²) in [5.74, 6) is 0.715. The van der Waals surface area contributed by atoms with Crippen molar-refractivity contribution in [1.29, 1.82) is 0 Å². The lowest BCUT2D eigenvalue weighted by Crippen LogP contribution is -2.21. The first kappa shape index (κ1) is 19.6. The molecule has 0 aliphatic heterocycles. The second-order valence-corrected chi connectivity index (χ2v) is 8.12. The average molecular weight is 394 g/mol. The predicted molar refractivity (Wildman–Crippen MR) is 111 cm³/mol. The average Bonchev–Trinajstić information content (AvgIpc) is 2.70. The number of hydrazone groups is 1. The third kappa shape index (κ3) is 4.58. The van der Waals surface area contributed by atoms with Gasteiger partial charge in [0.2, 0.25) is 0 Å². The standard InChI is InChI=1S/C22H22N2O3S/c1-16-4-8-18(9-5-16)22(19-10-12-20(27-3)13-11-19)23-24-28(25,26)21-14-6-17(2)7-15-21/h4-15,24H,1-3H3/b23-22-. The Morgan fingerprint density at radius 1 is 0.786 bits per heavy atom. The predicted octanol–water partition coefficient (Wildman–Crippen LogP) is 4.04. The highest BCUT2D eigenvalue weighted by Gasteiger charge is 2.14. The van der Waals surface area contributed by atoms with Gasteiger partial charge in [0, 0.05) is 11.1 Å². The van der Waals surface area contributed by atoms with Gasteiger partial charge in [-0.15, -0.1) is 0 Å². The third-order valence-electron chi connectivity index (χ3n) is 4.30. The summed E-state index contributed by atoms with van der Waals surface area (Å²) in [6.07, 6.45) is 0. The largest absolute Gasteiger partial charge is 0.497 e. The molecule has 0 aliphatic carbocycles. The summed E-state index contributed by atoms with van der Waals surface area (Å²) in [5, 5.41) is 4.26. The quantitative estimate of drug-likeness (QED) is 0.507. The zero-order valence-corrected chi connectivity index (χ0v) is 16.8. The number of aryl methyl sites for hydroxylation is 2. The summed E-state index contributed by atoms with van der Waals surface area (Å²) < 4.78 is 30.5. The Bertz CT molecular complexity index is 1070. The van der Waals surface area contributed by atoms with E-state index in [2.05, 4.69) is 9.93 Å². The zero-order chi connectivity index (χ0) is 20.1. The van der Waals surface area contributed by atoms with E-state index in [1.165, 1.54) is 0 Å². The van der Waals surface area contributed by atoms with Crippen LogP contribution in [0.25, 0.3) is 0 Å². The molecule has 28 heavy (non-hydrogen) atoms.